The fourth-order valence-corrected chi connectivity index (χ4v) is 1.95. The molecule has 0 aliphatic carbocycles. The summed E-state index contributed by atoms with van der Waals surface area (Å²) in [6.07, 6.45) is 4.34. The van der Waals surface area contributed by atoms with Gasteiger partial charge in [0.25, 0.3) is 0 Å². The number of aromatic amines is 1. The van der Waals surface area contributed by atoms with Crippen LogP contribution in [0.25, 0.3) is 10.9 Å². The number of H-pyrrole nitrogens is 1. The van der Waals surface area contributed by atoms with Gasteiger partial charge in [-0.2, -0.15) is 0 Å². The summed E-state index contributed by atoms with van der Waals surface area (Å²) < 4.78 is 5.25. The summed E-state index contributed by atoms with van der Waals surface area (Å²) in [4.78, 5) is 3.29. The Morgan fingerprint density at radius 2 is 2.25 bits per heavy atom. The zero-order chi connectivity index (χ0) is 11.4. The number of hydrogen-bond donors (Lipinski definition) is 2. The number of aromatic nitrogens is 1. The van der Waals surface area contributed by atoms with E-state index in [-0.39, 0.29) is 0 Å². The van der Waals surface area contributed by atoms with Gasteiger partial charge in [0.2, 0.25) is 0 Å². The monoisotopic (exact) mass is 218 g/mol. The highest BCUT2D eigenvalue weighted by atomic mass is 16.5. The Hall–Kier alpha value is -1.48. The van der Waals surface area contributed by atoms with E-state index in [1.807, 2.05) is 13.1 Å². The minimum Gasteiger partial charge on any atom is -0.497 e. The average molecular weight is 218 g/mol. The maximum absolute atomic E-state index is 5.25. The van der Waals surface area contributed by atoms with Gasteiger partial charge in [0.15, 0.2) is 0 Å². The molecule has 0 saturated heterocycles. The summed E-state index contributed by atoms with van der Waals surface area (Å²) in [5.41, 5.74) is 2.55. The van der Waals surface area contributed by atoms with Crippen molar-refractivity contribution in [2.24, 2.45) is 0 Å². The maximum atomic E-state index is 5.25. The summed E-state index contributed by atoms with van der Waals surface area (Å²) in [5.74, 6) is 0.918. The van der Waals surface area contributed by atoms with Crippen molar-refractivity contribution in [1.29, 1.82) is 0 Å². The van der Waals surface area contributed by atoms with Gasteiger partial charge in [-0.15, -0.1) is 0 Å². The van der Waals surface area contributed by atoms with Crippen molar-refractivity contribution < 1.29 is 4.74 Å². The van der Waals surface area contributed by atoms with Crippen molar-refractivity contribution in [3.8, 4) is 5.75 Å². The van der Waals surface area contributed by atoms with E-state index in [4.69, 9.17) is 4.74 Å². The number of aryl methyl sites for hydroxylation is 1. The number of fused-ring (bicyclic) bond motifs is 1. The van der Waals surface area contributed by atoms with E-state index in [1.165, 1.54) is 16.5 Å². The van der Waals surface area contributed by atoms with E-state index in [1.54, 1.807) is 7.11 Å². The molecule has 1 heterocycles. The Labute approximate surface area is 95.8 Å². The molecule has 0 aliphatic rings. The van der Waals surface area contributed by atoms with E-state index >= 15 is 0 Å². The summed E-state index contributed by atoms with van der Waals surface area (Å²) >= 11 is 0. The third kappa shape index (κ3) is 2.19. The van der Waals surface area contributed by atoms with Crippen molar-refractivity contribution >= 4 is 10.9 Å². The molecule has 0 spiro atoms. The first kappa shape index (κ1) is 11.0. The van der Waals surface area contributed by atoms with Gasteiger partial charge in [0.1, 0.15) is 5.75 Å². The third-order valence-corrected chi connectivity index (χ3v) is 2.85. The first-order valence-corrected chi connectivity index (χ1v) is 5.63. The van der Waals surface area contributed by atoms with Crippen LogP contribution < -0.4 is 10.1 Å². The van der Waals surface area contributed by atoms with Crippen LogP contribution in [0.5, 0.6) is 5.75 Å². The standard InChI is InChI=1S/C13H18N2O/c1-14-7-3-4-10-9-15-13-6-5-11(16-2)8-12(10)13/h5-6,8-9,14-15H,3-4,7H2,1-2H3. The number of benzene rings is 1. The second-order valence-corrected chi connectivity index (χ2v) is 3.93. The summed E-state index contributed by atoms with van der Waals surface area (Å²) in [7, 11) is 3.69. The average Bonchev–Trinajstić information content (AvgIpc) is 2.72. The molecule has 1 aromatic carbocycles. The third-order valence-electron chi connectivity index (χ3n) is 2.85. The van der Waals surface area contributed by atoms with Crippen LogP contribution in [0.15, 0.2) is 24.4 Å². The molecule has 0 unspecified atom stereocenters. The second kappa shape index (κ2) is 5.03. The Morgan fingerprint density at radius 3 is 3.00 bits per heavy atom. The van der Waals surface area contributed by atoms with Crippen molar-refractivity contribution in [2.75, 3.05) is 20.7 Å². The summed E-state index contributed by atoms with van der Waals surface area (Å²) in [5, 5.41) is 4.44. The van der Waals surface area contributed by atoms with Crippen LogP contribution in [-0.2, 0) is 6.42 Å². The van der Waals surface area contributed by atoms with Gasteiger partial charge in [-0.3, -0.25) is 0 Å². The lowest BCUT2D eigenvalue weighted by Gasteiger charge is -2.02. The first-order valence-electron chi connectivity index (χ1n) is 5.63. The molecular formula is C13H18N2O. The molecular weight excluding hydrogens is 200 g/mol. The van der Waals surface area contributed by atoms with E-state index in [0.717, 1.165) is 25.1 Å². The van der Waals surface area contributed by atoms with Crippen LogP contribution in [0.1, 0.15) is 12.0 Å². The van der Waals surface area contributed by atoms with Gasteiger partial charge in [-0.1, -0.05) is 0 Å². The molecule has 2 rings (SSSR count). The fourth-order valence-electron chi connectivity index (χ4n) is 1.95. The molecule has 3 nitrogen and oxygen atoms in total. The molecule has 2 N–H and O–H groups in total. The molecule has 0 fully saturated rings. The predicted octanol–water partition coefficient (Wildman–Crippen LogP) is 2.33. The van der Waals surface area contributed by atoms with Gasteiger partial charge in [-0.25, -0.2) is 0 Å². The lowest BCUT2D eigenvalue weighted by atomic mass is 10.1. The van der Waals surface area contributed by atoms with Crippen LogP contribution >= 0.6 is 0 Å². The Morgan fingerprint density at radius 1 is 1.38 bits per heavy atom. The zero-order valence-electron chi connectivity index (χ0n) is 9.84. The highest BCUT2D eigenvalue weighted by molar-refractivity contribution is 5.84. The lowest BCUT2D eigenvalue weighted by Crippen LogP contribution is -2.08. The van der Waals surface area contributed by atoms with Crippen LogP contribution in [-0.4, -0.2) is 25.7 Å². The molecule has 1 aromatic heterocycles. The van der Waals surface area contributed by atoms with Crippen molar-refractivity contribution in [3.63, 3.8) is 0 Å². The quantitative estimate of drug-likeness (QED) is 0.756. The number of methoxy groups -OCH3 is 1. The van der Waals surface area contributed by atoms with Crippen LogP contribution in [0.3, 0.4) is 0 Å². The highest BCUT2D eigenvalue weighted by Gasteiger charge is 2.04. The molecule has 86 valence electrons. The first-order chi connectivity index (χ1) is 7.85. The SMILES string of the molecule is CNCCCc1c[nH]c2ccc(OC)cc12. The van der Waals surface area contributed by atoms with Gasteiger partial charge < -0.3 is 15.0 Å². The number of nitrogens with one attached hydrogen (secondary N) is 2. The van der Waals surface area contributed by atoms with Gasteiger partial charge >= 0.3 is 0 Å². The molecule has 0 radical (unpaired) electrons. The molecule has 0 atom stereocenters. The molecule has 3 heteroatoms. The maximum Gasteiger partial charge on any atom is 0.119 e. The molecule has 2 aromatic rings. The van der Waals surface area contributed by atoms with E-state index in [2.05, 4.69) is 28.6 Å². The van der Waals surface area contributed by atoms with Crippen molar-refractivity contribution in [1.82, 2.24) is 10.3 Å². The van der Waals surface area contributed by atoms with E-state index < -0.39 is 0 Å². The lowest BCUT2D eigenvalue weighted by molar-refractivity contribution is 0.415. The fraction of sp³-hybridized carbons (Fsp3) is 0.385. The molecule has 0 saturated carbocycles. The Kier molecular flexibility index (Phi) is 3.47. The van der Waals surface area contributed by atoms with Crippen LogP contribution in [0.4, 0.5) is 0 Å². The van der Waals surface area contributed by atoms with Gasteiger partial charge in [-0.05, 0) is 50.2 Å². The minimum absolute atomic E-state index is 0.918. The normalized spacial score (nSPS) is 10.9. The molecule has 0 bridgehead atoms. The summed E-state index contributed by atoms with van der Waals surface area (Å²) in [6.45, 7) is 1.05. The van der Waals surface area contributed by atoms with Crippen LogP contribution in [0.2, 0.25) is 0 Å². The number of hydrogen-bond acceptors (Lipinski definition) is 2. The largest absolute Gasteiger partial charge is 0.497 e. The van der Waals surface area contributed by atoms with Crippen molar-refractivity contribution in [2.45, 2.75) is 12.8 Å². The molecule has 0 amide bonds. The van der Waals surface area contributed by atoms with Crippen LogP contribution in [0, 0.1) is 0 Å². The minimum atomic E-state index is 0.918. The predicted molar refractivity (Wildman–Crippen MR) is 67.1 cm³/mol. The van der Waals surface area contributed by atoms with E-state index in [9.17, 15) is 0 Å². The van der Waals surface area contributed by atoms with Gasteiger partial charge in [0, 0.05) is 17.1 Å². The number of ether oxygens (including phenoxy) is 1. The summed E-state index contributed by atoms with van der Waals surface area (Å²) in [6, 6.07) is 6.15. The van der Waals surface area contributed by atoms with Crippen molar-refractivity contribution in [3.05, 3.63) is 30.0 Å². The Bertz CT molecular complexity index is 462. The number of rotatable bonds is 5. The highest BCUT2D eigenvalue weighted by Crippen LogP contribution is 2.24. The zero-order valence-corrected chi connectivity index (χ0v) is 9.84. The molecule has 0 aliphatic heterocycles. The smallest absolute Gasteiger partial charge is 0.119 e. The topological polar surface area (TPSA) is 37.0 Å². The molecule has 16 heavy (non-hydrogen) atoms. The second-order valence-electron chi connectivity index (χ2n) is 3.93. The van der Waals surface area contributed by atoms with E-state index in [0.29, 0.717) is 0 Å². The van der Waals surface area contributed by atoms with Gasteiger partial charge in [0.05, 0.1) is 7.11 Å². The Balaban J connectivity index is 2.24.